The number of hydrogen-bond donors (Lipinski definition) is 1. The molecule has 148 valence electrons. The fourth-order valence-corrected chi connectivity index (χ4v) is 4.27. The number of carbonyl (C=O) groups excluding carboxylic acids is 2. The third-order valence-electron chi connectivity index (χ3n) is 5.43. The van der Waals surface area contributed by atoms with E-state index in [1.165, 1.54) is 19.1 Å². The zero-order valence-corrected chi connectivity index (χ0v) is 16.5. The Morgan fingerprint density at radius 1 is 1.11 bits per heavy atom. The number of nitrogens with zero attached hydrogens (tertiary/aromatic N) is 2. The van der Waals surface area contributed by atoms with Crippen molar-refractivity contribution in [2.75, 3.05) is 31.1 Å². The highest BCUT2D eigenvalue weighted by atomic mass is 35.5. The maximum absolute atomic E-state index is 12.7. The topological polar surface area (TPSA) is 65.8 Å². The molecule has 4 rings (SSSR count). The molecular formula is C21H24ClN3O3. The van der Waals surface area contributed by atoms with E-state index >= 15 is 0 Å². The van der Waals surface area contributed by atoms with Gasteiger partial charge in [-0.1, -0.05) is 11.6 Å². The van der Waals surface area contributed by atoms with Crippen LogP contribution < -0.4 is 10.2 Å². The molecule has 1 unspecified atom stereocenters. The smallest absolute Gasteiger partial charge is 0.289 e. The van der Waals surface area contributed by atoms with Gasteiger partial charge in [-0.25, -0.2) is 0 Å². The minimum absolute atomic E-state index is 0.0859. The van der Waals surface area contributed by atoms with Crippen LogP contribution in [0.2, 0.25) is 5.02 Å². The highest BCUT2D eigenvalue weighted by Gasteiger charge is 2.27. The van der Waals surface area contributed by atoms with Gasteiger partial charge < -0.3 is 19.5 Å². The predicted octanol–water partition coefficient (Wildman–Crippen LogP) is 3.57. The fourth-order valence-electron chi connectivity index (χ4n) is 3.97. The van der Waals surface area contributed by atoms with Crippen molar-refractivity contribution in [1.82, 2.24) is 10.2 Å². The van der Waals surface area contributed by atoms with E-state index in [-0.39, 0.29) is 17.9 Å². The molecule has 1 atom stereocenters. The summed E-state index contributed by atoms with van der Waals surface area (Å²) in [6, 6.07) is 8.76. The van der Waals surface area contributed by atoms with Gasteiger partial charge >= 0.3 is 0 Å². The minimum atomic E-state index is -0.160. The van der Waals surface area contributed by atoms with Gasteiger partial charge in [-0.3, -0.25) is 9.59 Å². The first-order valence-electron chi connectivity index (χ1n) is 9.80. The van der Waals surface area contributed by atoms with E-state index in [4.69, 9.17) is 16.0 Å². The normalized spacial score (nSPS) is 19.7. The van der Waals surface area contributed by atoms with Crippen LogP contribution in [-0.4, -0.2) is 48.9 Å². The molecule has 1 N–H and O–H groups in total. The van der Waals surface area contributed by atoms with Crippen molar-refractivity contribution in [2.45, 2.75) is 31.7 Å². The lowest BCUT2D eigenvalue weighted by Crippen LogP contribution is -2.49. The number of anilines is 1. The van der Waals surface area contributed by atoms with E-state index in [1.54, 1.807) is 23.1 Å². The van der Waals surface area contributed by atoms with Crippen LogP contribution in [-0.2, 0) is 0 Å². The number of nitrogens with one attached hydrogen (secondary N) is 1. The molecule has 2 amide bonds. The van der Waals surface area contributed by atoms with E-state index in [2.05, 4.69) is 10.2 Å². The quantitative estimate of drug-likeness (QED) is 0.850. The summed E-state index contributed by atoms with van der Waals surface area (Å²) in [5.74, 6) is 0.0328. The molecule has 2 saturated heterocycles. The lowest BCUT2D eigenvalue weighted by atomic mass is 10.0. The van der Waals surface area contributed by atoms with Gasteiger partial charge in [0.1, 0.15) is 0 Å². The summed E-state index contributed by atoms with van der Waals surface area (Å²) in [6.45, 7) is 3.16. The standard InChI is InChI=1S/C21H24ClN3O3/c22-17-13-15(7-8-18(17)24-9-1-2-10-24)20(26)23-16-5-3-11-25(14-16)21(27)19-6-4-12-28-19/h4,6-8,12-13,16H,1-3,5,9-11,14H2,(H,23,26). The summed E-state index contributed by atoms with van der Waals surface area (Å²) in [5, 5.41) is 3.65. The number of likely N-dealkylation sites (tertiary alicyclic amines) is 1. The average molecular weight is 402 g/mol. The molecule has 1 aromatic heterocycles. The second kappa shape index (κ2) is 8.27. The van der Waals surface area contributed by atoms with Crippen LogP contribution in [0.4, 0.5) is 5.69 Å². The maximum atomic E-state index is 12.7. The summed E-state index contributed by atoms with van der Waals surface area (Å²) in [6.07, 6.45) is 5.52. The third kappa shape index (κ3) is 4.02. The zero-order chi connectivity index (χ0) is 19.5. The first-order chi connectivity index (χ1) is 13.6. The molecule has 2 fully saturated rings. The van der Waals surface area contributed by atoms with Gasteiger partial charge in [-0.15, -0.1) is 0 Å². The van der Waals surface area contributed by atoms with Crippen LogP contribution in [0.3, 0.4) is 0 Å². The van der Waals surface area contributed by atoms with Crippen LogP contribution in [0.15, 0.2) is 41.0 Å². The van der Waals surface area contributed by atoms with Gasteiger partial charge in [-0.05, 0) is 56.0 Å². The van der Waals surface area contributed by atoms with Crippen molar-refractivity contribution in [2.24, 2.45) is 0 Å². The molecule has 7 heteroatoms. The van der Waals surface area contributed by atoms with Crippen molar-refractivity contribution in [1.29, 1.82) is 0 Å². The van der Waals surface area contributed by atoms with Crippen molar-refractivity contribution in [3.63, 3.8) is 0 Å². The number of amides is 2. The van der Waals surface area contributed by atoms with Crippen molar-refractivity contribution < 1.29 is 14.0 Å². The van der Waals surface area contributed by atoms with Crippen LogP contribution >= 0.6 is 11.6 Å². The number of halogens is 1. The Bertz CT molecular complexity index is 847. The highest BCUT2D eigenvalue weighted by Crippen LogP contribution is 2.29. The first-order valence-corrected chi connectivity index (χ1v) is 10.2. The van der Waals surface area contributed by atoms with Gasteiger partial charge in [0.15, 0.2) is 5.76 Å². The molecule has 3 heterocycles. The van der Waals surface area contributed by atoms with E-state index in [0.717, 1.165) is 31.6 Å². The lowest BCUT2D eigenvalue weighted by Gasteiger charge is -2.32. The molecular weight excluding hydrogens is 378 g/mol. The number of carbonyl (C=O) groups is 2. The molecule has 1 aromatic carbocycles. The maximum Gasteiger partial charge on any atom is 0.289 e. The Balaban J connectivity index is 1.39. The number of hydrogen-bond acceptors (Lipinski definition) is 4. The molecule has 0 spiro atoms. The van der Waals surface area contributed by atoms with Gasteiger partial charge in [-0.2, -0.15) is 0 Å². The minimum Gasteiger partial charge on any atom is -0.459 e. The zero-order valence-electron chi connectivity index (χ0n) is 15.7. The lowest BCUT2D eigenvalue weighted by molar-refractivity contribution is 0.0647. The summed E-state index contributed by atoms with van der Waals surface area (Å²) >= 11 is 6.43. The third-order valence-corrected chi connectivity index (χ3v) is 5.74. The summed E-state index contributed by atoms with van der Waals surface area (Å²) in [4.78, 5) is 29.2. The van der Waals surface area contributed by atoms with Gasteiger partial charge in [0.05, 0.1) is 17.0 Å². The van der Waals surface area contributed by atoms with Crippen molar-refractivity contribution >= 4 is 29.1 Å². The Kier molecular flexibility index (Phi) is 5.57. The first kappa shape index (κ1) is 18.9. The SMILES string of the molecule is O=C(NC1CCCN(C(=O)c2ccco2)C1)c1ccc(N2CCCC2)c(Cl)c1. The van der Waals surface area contributed by atoms with E-state index in [9.17, 15) is 9.59 Å². The van der Waals surface area contributed by atoms with Crippen LogP contribution in [0.25, 0.3) is 0 Å². The Labute approximate surface area is 169 Å². The molecule has 0 radical (unpaired) electrons. The summed E-state index contributed by atoms with van der Waals surface area (Å²) < 4.78 is 5.20. The molecule has 0 aliphatic carbocycles. The molecule has 6 nitrogen and oxygen atoms in total. The van der Waals surface area contributed by atoms with Crippen molar-refractivity contribution in [3.05, 3.63) is 52.9 Å². The van der Waals surface area contributed by atoms with E-state index in [0.29, 0.717) is 29.4 Å². The van der Waals surface area contributed by atoms with E-state index < -0.39 is 0 Å². The van der Waals surface area contributed by atoms with Gasteiger partial charge in [0, 0.05) is 37.8 Å². The monoisotopic (exact) mass is 401 g/mol. The van der Waals surface area contributed by atoms with Crippen LogP contribution in [0.1, 0.15) is 46.6 Å². The van der Waals surface area contributed by atoms with E-state index in [1.807, 2.05) is 12.1 Å². The Morgan fingerprint density at radius 2 is 1.93 bits per heavy atom. The second-order valence-corrected chi connectivity index (χ2v) is 7.81. The molecule has 2 aromatic rings. The second-order valence-electron chi connectivity index (χ2n) is 7.40. The summed E-state index contributed by atoms with van der Waals surface area (Å²) in [5.41, 5.74) is 1.53. The highest BCUT2D eigenvalue weighted by molar-refractivity contribution is 6.33. The molecule has 2 aliphatic heterocycles. The van der Waals surface area contributed by atoms with Gasteiger partial charge in [0.2, 0.25) is 0 Å². The largest absolute Gasteiger partial charge is 0.459 e. The average Bonchev–Trinajstić information content (AvgIpc) is 3.41. The van der Waals surface area contributed by atoms with Gasteiger partial charge in [0.25, 0.3) is 11.8 Å². The predicted molar refractivity (Wildman–Crippen MR) is 108 cm³/mol. The molecule has 2 aliphatic rings. The number of rotatable bonds is 4. The summed E-state index contributed by atoms with van der Waals surface area (Å²) in [7, 11) is 0. The Morgan fingerprint density at radius 3 is 2.64 bits per heavy atom. The number of furan rings is 1. The molecule has 0 bridgehead atoms. The Hall–Kier alpha value is -2.47. The van der Waals surface area contributed by atoms with Crippen molar-refractivity contribution in [3.8, 4) is 0 Å². The fraction of sp³-hybridized carbons (Fsp3) is 0.429. The van der Waals surface area contributed by atoms with Crippen LogP contribution in [0, 0.1) is 0 Å². The molecule has 0 saturated carbocycles. The van der Waals surface area contributed by atoms with Crippen LogP contribution in [0.5, 0.6) is 0 Å². The number of benzene rings is 1. The molecule has 28 heavy (non-hydrogen) atoms. The number of piperidine rings is 1.